The molecular formula is C18H15N5O. The summed E-state index contributed by atoms with van der Waals surface area (Å²) in [5.41, 5.74) is 4.10. The standard InChI is InChI=1S/C18H15N5O/c1-19-18(24)15-5-3-12-8-20-10-14(17(12)22-15)11-4-6-16-13(7-11)9-21-23(16)2/h3-10H,1-2H3,(H,19,24). The highest BCUT2D eigenvalue weighted by atomic mass is 16.1. The summed E-state index contributed by atoms with van der Waals surface area (Å²) >= 11 is 0. The van der Waals surface area contributed by atoms with Crippen LogP contribution in [0.3, 0.4) is 0 Å². The number of pyridine rings is 2. The zero-order valence-electron chi connectivity index (χ0n) is 13.3. The molecule has 24 heavy (non-hydrogen) atoms. The maximum Gasteiger partial charge on any atom is 0.269 e. The van der Waals surface area contributed by atoms with E-state index in [9.17, 15) is 4.79 Å². The Bertz CT molecular complexity index is 1080. The molecule has 0 fully saturated rings. The number of nitrogens with zero attached hydrogens (tertiary/aromatic N) is 4. The van der Waals surface area contributed by atoms with Gasteiger partial charge in [-0.2, -0.15) is 5.10 Å². The van der Waals surface area contributed by atoms with Gasteiger partial charge in [-0.05, 0) is 29.8 Å². The molecule has 1 aromatic carbocycles. The Labute approximate surface area is 138 Å². The van der Waals surface area contributed by atoms with E-state index in [1.165, 1.54) is 0 Å². The smallest absolute Gasteiger partial charge is 0.269 e. The van der Waals surface area contributed by atoms with Crippen molar-refractivity contribution < 1.29 is 4.79 Å². The van der Waals surface area contributed by atoms with Gasteiger partial charge >= 0.3 is 0 Å². The molecule has 1 amide bonds. The van der Waals surface area contributed by atoms with Gasteiger partial charge in [-0.3, -0.25) is 14.5 Å². The fourth-order valence-corrected chi connectivity index (χ4v) is 2.84. The number of hydrogen-bond donors (Lipinski definition) is 1. The SMILES string of the molecule is CNC(=O)c1ccc2cncc(-c3ccc4c(cnn4C)c3)c2n1. The van der Waals surface area contributed by atoms with E-state index < -0.39 is 0 Å². The summed E-state index contributed by atoms with van der Waals surface area (Å²) in [6, 6.07) is 9.68. The van der Waals surface area contributed by atoms with Crippen molar-refractivity contribution in [2.45, 2.75) is 0 Å². The number of aromatic nitrogens is 4. The lowest BCUT2D eigenvalue weighted by Crippen LogP contribution is -2.19. The van der Waals surface area contributed by atoms with Crippen LogP contribution in [0.15, 0.2) is 48.9 Å². The fourth-order valence-electron chi connectivity index (χ4n) is 2.84. The average Bonchev–Trinajstić information content (AvgIpc) is 3.00. The first-order valence-electron chi connectivity index (χ1n) is 7.56. The molecule has 0 saturated carbocycles. The summed E-state index contributed by atoms with van der Waals surface area (Å²) in [4.78, 5) is 20.7. The van der Waals surface area contributed by atoms with Crippen LogP contribution in [0.1, 0.15) is 10.5 Å². The van der Waals surface area contributed by atoms with Gasteiger partial charge < -0.3 is 5.32 Å². The lowest BCUT2D eigenvalue weighted by Gasteiger charge is -2.08. The molecule has 3 aromatic heterocycles. The van der Waals surface area contributed by atoms with Crippen LogP contribution in [-0.4, -0.2) is 32.7 Å². The number of aryl methyl sites for hydroxylation is 1. The number of rotatable bonds is 2. The Kier molecular flexibility index (Phi) is 3.23. The highest BCUT2D eigenvalue weighted by Gasteiger charge is 2.11. The van der Waals surface area contributed by atoms with Crippen LogP contribution in [-0.2, 0) is 7.05 Å². The first-order valence-corrected chi connectivity index (χ1v) is 7.56. The van der Waals surface area contributed by atoms with Crippen LogP contribution in [0.4, 0.5) is 0 Å². The summed E-state index contributed by atoms with van der Waals surface area (Å²) in [6.45, 7) is 0. The van der Waals surface area contributed by atoms with Crippen molar-refractivity contribution >= 4 is 27.7 Å². The van der Waals surface area contributed by atoms with Crippen LogP contribution >= 0.6 is 0 Å². The zero-order chi connectivity index (χ0) is 16.7. The summed E-state index contributed by atoms with van der Waals surface area (Å²) < 4.78 is 1.84. The van der Waals surface area contributed by atoms with E-state index in [2.05, 4.69) is 26.4 Å². The summed E-state index contributed by atoms with van der Waals surface area (Å²) in [5, 5.41) is 8.82. The molecule has 1 N–H and O–H groups in total. The molecule has 0 spiro atoms. The van der Waals surface area contributed by atoms with Gasteiger partial charge in [-0.1, -0.05) is 6.07 Å². The molecule has 6 nitrogen and oxygen atoms in total. The van der Waals surface area contributed by atoms with Crippen molar-refractivity contribution in [3.05, 3.63) is 54.6 Å². The number of fused-ring (bicyclic) bond motifs is 2. The van der Waals surface area contributed by atoms with E-state index >= 15 is 0 Å². The van der Waals surface area contributed by atoms with Gasteiger partial charge in [0.2, 0.25) is 0 Å². The van der Waals surface area contributed by atoms with Crippen molar-refractivity contribution in [3.8, 4) is 11.1 Å². The van der Waals surface area contributed by atoms with Crippen molar-refractivity contribution in [1.82, 2.24) is 25.1 Å². The van der Waals surface area contributed by atoms with Gasteiger partial charge in [0.15, 0.2) is 0 Å². The third kappa shape index (κ3) is 2.20. The maximum absolute atomic E-state index is 11.9. The summed E-state index contributed by atoms with van der Waals surface area (Å²) in [7, 11) is 3.51. The molecule has 4 rings (SSSR count). The molecule has 0 saturated heterocycles. The Morgan fingerprint density at radius 1 is 1.08 bits per heavy atom. The molecule has 0 unspecified atom stereocenters. The minimum absolute atomic E-state index is 0.206. The summed E-state index contributed by atoms with van der Waals surface area (Å²) in [6.07, 6.45) is 5.36. The normalized spacial score (nSPS) is 11.1. The number of carbonyl (C=O) groups is 1. The van der Waals surface area contributed by atoms with Gasteiger partial charge in [-0.15, -0.1) is 0 Å². The van der Waals surface area contributed by atoms with Crippen LogP contribution in [0.2, 0.25) is 0 Å². The van der Waals surface area contributed by atoms with E-state index in [1.807, 2.05) is 36.1 Å². The van der Waals surface area contributed by atoms with E-state index in [1.54, 1.807) is 25.5 Å². The minimum Gasteiger partial charge on any atom is -0.354 e. The lowest BCUT2D eigenvalue weighted by molar-refractivity contribution is 0.0958. The first kappa shape index (κ1) is 14.3. The molecule has 4 aromatic rings. The van der Waals surface area contributed by atoms with Crippen molar-refractivity contribution in [2.24, 2.45) is 7.05 Å². The van der Waals surface area contributed by atoms with Gasteiger partial charge in [0.1, 0.15) is 5.69 Å². The number of carbonyl (C=O) groups excluding carboxylic acids is 1. The van der Waals surface area contributed by atoms with Gasteiger partial charge in [0, 0.05) is 42.8 Å². The predicted octanol–water partition coefficient (Wildman–Crippen LogP) is 2.54. The van der Waals surface area contributed by atoms with E-state index in [4.69, 9.17) is 0 Å². The maximum atomic E-state index is 11.9. The lowest BCUT2D eigenvalue weighted by atomic mass is 10.0. The van der Waals surface area contributed by atoms with Crippen LogP contribution in [0.5, 0.6) is 0 Å². The fraction of sp³-hybridized carbons (Fsp3) is 0.111. The topological polar surface area (TPSA) is 72.7 Å². The highest BCUT2D eigenvalue weighted by molar-refractivity contribution is 5.99. The van der Waals surface area contributed by atoms with Crippen LogP contribution < -0.4 is 5.32 Å². The van der Waals surface area contributed by atoms with Crippen molar-refractivity contribution in [1.29, 1.82) is 0 Å². The van der Waals surface area contributed by atoms with Gasteiger partial charge in [0.25, 0.3) is 5.91 Å². The number of amides is 1. The third-order valence-electron chi connectivity index (χ3n) is 4.12. The zero-order valence-corrected chi connectivity index (χ0v) is 13.3. The third-order valence-corrected chi connectivity index (χ3v) is 4.12. The van der Waals surface area contributed by atoms with Crippen molar-refractivity contribution in [3.63, 3.8) is 0 Å². The van der Waals surface area contributed by atoms with Crippen molar-refractivity contribution in [2.75, 3.05) is 7.05 Å². The average molecular weight is 317 g/mol. The summed E-state index contributed by atoms with van der Waals surface area (Å²) in [5.74, 6) is -0.206. The van der Waals surface area contributed by atoms with Gasteiger partial charge in [0.05, 0.1) is 17.2 Å². The second-order valence-corrected chi connectivity index (χ2v) is 5.58. The molecule has 0 atom stereocenters. The molecule has 0 radical (unpaired) electrons. The second kappa shape index (κ2) is 5.42. The number of hydrogen-bond acceptors (Lipinski definition) is 4. The van der Waals surface area contributed by atoms with E-state index in [0.29, 0.717) is 5.69 Å². The Morgan fingerprint density at radius 2 is 1.96 bits per heavy atom. The molecule has 0 aliphatic carbocycles. The molecule has 6 heteroatoms. The number of nitrogens with one attached hydrogen (secondary N) is 1. The molecule has 0 aliphatic rings. The monoisotopic (exact) mass is 317 g/mol. The Balaban J connectivity index is 1.95. The predicted molar refractivity (Wildman–Crippen MR) is 92.6 cm³/mol. The van der Waals surface area contributed by atoms with Crippen LogP contribution in [0.25, 0.3) is 32.9 Å². The van der Waals surface area contributed by atoms with E-state index in [0.717, 1.165) is 32.9 Å². The molecule has 118 valence electrons. The molecule has 3 heterocycles. The number of benzene rings is 1. The molecular weight excluding hydrogens is 302 g/mol. The van der Waals surface area contributed by atoms with Gasteiger partial charge in [-0.25, -0.2) is 4.98 Å². The molecule has 0 aliphatic heterocycles. The van der Waals surface area contributed by atoms with E-state index in [-0.39, 0.29) is 5.91 Å². The minimum atomic E-state index is -0.206. The highest BCUT2D eigenvalue weighted by Crippen LogP contribution is 2.29. The first-order chi connectivity index (χ1) is 11.7. The second-order valence-electron chi connectivity index (χ2n) is 5.58. The Morgan fingerprint density at radius 3 is 2.79 bits per heavy atom. The Hall–Kier alpha value is -3.28. The molecule has 0 bridgehead atoms. The van der Waals surface area contributed by atoms with Crippen LogP contribution in [0, 0.1) is 0 Å². The largest absolute Gasteiger partial charge is 0.354 e. The quantitative estimate of drug-likeness (QED) is 0.616.